The fourth-order valence-corrected chi connectivity index (χ4v) is 4.52. The number of thioether (sulfide) groups is 1. The molecule has 1 amide bonds. The molecule has 2 aromatic carbocycles. The Balaban J connectivity index is 1.60. The van der Waals surface area contributed by atoms with E-state index in [0.717, 1.165) is 15.5 Å². The van der Waals surface area contributed by atoms with Crippen LogP contribution in [-0.2, 0) is 10.5 Å². The molecule has 0 spiro atoms. The molecule has 31 heavy (non-hydrogen) atoms. The second-order valence-corrected chi connectivity index (χ2v) is 8.71. The number of nitrogens with one attached hydrogen (secondary N) is 1. The molecule has 1 aromatic heterocycles. The van der Waals surface area contributed by atoms with Crippen molar-refractivity contribution in [1.82, 2.24) is 10.2 Å². The molecule has 3 rings (SSSR count). The first kappa shape index (κ1) is 22.9. The lowest BCUT2D eigenvalue weighted by Crippen LogP contribution is -2.07. The number of amides is 1. The molecule has 162 valence electrons. The van der Waals surface area contributed by atoms with Crippen molar-refractivity contribution in [3.63, 3.8) is 0 Å². The largest absolute Gasteiger partial charge is 0.493 e. The molecule has 0 aliphatic rings. The summed E-state index contributed by atoms with van der Waals surface area (Å²) in [6.07, 6.45) is 3.05. The average molecular weight is 478 g/mol. The zero-order chi connectivity index (χ0) is 22.2. The highest BCUT2D eigenvalue weighted by Gasteiger charge is 2.12. The van der Waals surface area contributed by atoms with Crippen LogP contribution < -0.4 is 19.5 Å². The van der Waals surface area contributed by atoms with Gasteiger partial charge in [-0.05, 0) is 41.5 Å². The van der Waals surface area contributed by atoms with Gasteiger partial charge in [0.1, 0.15) is 0 Å². The van der Waals surface area contributed by atoms with Crippen LogP contribution >= 0.6 is 34.7 Å². The van der Waals surface area contributed by atoms with Crippen LogP contribution in [0, 0.1) is 0 Å². The molecule has 7 nitrogen and oxygen atoms in total. The van der Waals surface area contributed by atoms with Crippen LogP contribution in [-0.4, -0.2) is 37.4 Å². The smallest absolute Gasteiger partial charge is 0.250 e. The number of halogens is 1. The van der Waals surface area contributed by atoms with Gasteiger partial charge in [0.25, 0.3) is 0 Å². The number of hydrogen-bond donors (Lipinski definition) is 1. The van der Waals surface area contributed by atoms with E-state index in [1.165, 1.54) is 50.5 Å². The lowest BCUT2D eigenvalue weighted by Gasteiger charge is -2.12. The molecule has 0 bridgehead atoms. The number of hydrogen-bond acceptors (Lipinski definition) is 8. The number of rotatable bonds is 9. The molecule has 1 heterocycles. The Labute approximate surface area is 193 Å². The van der Waals surface area contributed by atoms with Gasteiger partial charge in [-0.1, -0.05) is 46.8 Å². The molecule has 0 unspecified atom stereocenters. The third kappa shape index (κ3) is 6.36. The maximum absolute atomic E-state index is 12.3. The third-order valence-electron chi connectivity index (χ3n) is 4.00. The zero-order valence-electron chi connectivity index (χ0n) is 17.0. The average Bonchev–Trinajstić information content (AvgIpc) is 3.22. The van der Waals surface area contributed by atoms with Crippen LogP contribution in [0.1, 0.15) is 11.1 Å². The van der Waals surface area contributed by atoms with E-state index in [4.69, 9.17) is 25.8 Å². The van der Waals surface area contributed by atoms with Gasteiger partial charge >= 0.3 is 0 Å². The molecule has 10 heteroatoms. The fraction of sp³-hybridized carbons (Fsp3) is 0.190. The number of ether oxygens (including phenoxy) is 3. The monoisotopic (exact) mass is 477 g/mol. The highest BCUT2D eigenvalue weighted by Crippen LogP contribution is 2.38. The topological polar surface area (TPSA) is 82.6 Å². The van der Waals surface area contributed by atoms with Gasteiger partial charge in [-0.25, -0.2) is 0 Å². The Bertz CT molecular complexity index is 1060. The number of aromatic nitrogens is 2. The highest BCUT2D eigenvalue weighted by molar-refractivity contribution is 8.00. The normalized spacial score (nSPS) is 10.8. The Hall–Kier alpha value is -2.75. The Morgan fingerprint density at radius 3 is 2.52 bits per heavy atom. The Morgan fingerprint density at radius 1 is 1.13 bits per heavy atom. The summed E-state index contributed by atoms with van der Waals surface area (Å²) in [7, 11) is 4.61. The number of carbonyl (C=O) groups is 1. The van der Waals surface area contributed by atoms with Crippen molar-refractivity contribution >= 4 is 51.8 Å². The van der Waals surface area contributed by atoms with Crippen LogP contribution in [0.5, 0.6) is 17.2 Å². The summed E-state index contributed by atoms with van der Waals surface area (Å²) in [4.78, 5) is 12.3. The lowest BCUT2D eigenvalue weighted by atomic mass is 10.1. The zero-order valence-corrected chi connectivity index (χ0v) is 19.4. The van der Waals surface area contributed by atoms with Crippen molar-refractivity contribution < 1.29 is 19.0 Å². The maximum Gasteiger partial charge on any atom is 0.250 e. The summed E-state index contributed by atoms with van der Waals surface area (Å²) in [6.45, 7) is 0. The van der Waals surface area contributed by atoms with E-state index in [1.807, 2.05) is 24.3 Å². The van der Waals surface area contributed by atoms with Crippen LogP contribution in [0.4, 0.5) is 5.13 Å². The fourth-order valence-electron chi connectivity index (χ4n) is 2.61. The van der Waals surface area contributed by atoms with Crippen LogP contribution in [0.25, 0.3) is 6.08 Å². The predicted molar refractivity (Wildman–Crippen MR) is 125 cm³/mol. The van der Waals surface area contributed by atoms with E-state index in [0.29, 0.717) is 33.2 Å². The van der Waals surface area contributed by atoms with Crippen molar-refractivity contribution in [1.29, 1.82) is 0 Å². The summed E-state index contributed by atoms with van der Waals surface area (Å²) in [5.41, 5.74) is 1.81. The van der Waals surface area contributed by atoms with E-state index in [2.05, 4.69) is 15.5 Å². The van der Waals surface area contributed by atoms with Crippen molar-refractivity contribution in [3.05, 3.63) is 58.6 Å². The number of anilines is 1. The molecular weight excluding hydrogens is 458 g/mol. The van der Waals surface area contributed by atoms with Gasteiger partial charge in [-0.3, -0.25) is 10.1 Å². The minimum Gasteiger partial charge on any atom is -0.493 e. The lowest BCUT2D eigenvalue weighted by molar-refractivity contribution is -0.111. The van der Waals surface area contributed by atoms with Gasteiger partial charge in [0.2, 0.25) is 16.8 Å². The number of benzene rings is 2. The minimum atomic E-state index is -0.323. The number of nitrogens with zero attached hydrogens (tertiary/aromatic N) is 2. The second-order valence-electron chi connectivity index (χ2n) is 6.07. The summed E-state index contributed by atoms with van der Waals surface area (Å²) >= 11 is 8.84. The van der Waals surface area contributed by atoms with Gasteiger partial charge in [-0.2, -0.15) is 0 Å². The van der Waals surface area contributed by atoms with E-state index < -0.39 is 0 Å². The molecule has 0 fully saturated rings. The third-order valence-corrected chi connectivity index (χ3v) is 6.28. The van der Waals surface area contributed by atoms with Crippen molar-refractivity contribution in [2.24, 2.45) is 0 Å². The van der Waals surface area contributed by atoms with Crippen LogP contribution in [0.15, 0.2) is 46.8 Å². The molecule has 0 aliphatic heterocycles. The Kier molecular flexibility index (Phi) is 8.16. The van der Waals surface area contributed by atoms with E-state index in [1.54, 1.807) is 18.2 Å². The summed E-state index contributed by atoms with van der Waals surface area (Å²) in [5, 5.41) is 12.0. The molecule has 0 radical (unpaired) electrons. The summed E-state index contributed by atoms with van der Waals surface area (Å²) in [6, 6.07) is 11.1. The predicted octanol–water partition coefficient (Wildman–Crippen LogP) is 5.16. The molecule has 0 saturated heterocycles. The van der Waals surface area contributed by atoms with Crippen molar-refractivity contribution in [3.8, 4) is 17.2 Å². The SMILES string of the molecule is COc1cc(/C=C/C(=O)Nc2nnc(SCc3cccc(Cl)c3)s2)cc(OC)c1OC. The first-order valence-electron chi connectivity index (χ1n) is 9.02. The quantitative estimate of drug-likeness (QED) is 0.259. The van der Waals surface area contributed by atoms with E-state index in [9.17, 15) is 4.79 Å². The van der Waals surface area contributed by atoms with E-state index in [-0.39, 0.29) is 5.91 Å². The highest BCUT2D eigenvalue weighted by atomic mass is 35.5. The maximum atomic E-state index is 12.3. The Morgan fingerprint density at radius 2 is 1.87 bits per heavy atom. The summed E-state index contributed by atoms with van der Waals surface area (Å²) in [5.74, 6) is 1.89. The molecule has 0 saturated carbocycles. The standard InChI is InChI=1S/C21H20ClN3O4S2/c1-27-16-10-13(11-17(28-2)19(16)29-3)7-8-18(26)23-20-24-25-21(31-20)30-12-14-5-4-6-15(22)9-14/h4-11H,12H2,1-3H3,(H,23,24,26)/b8-7+. The van der Waals surface area contributed by atoms with Gasteiger partial charge < -0.3 is 14.2 Å². The van der Waals surface area contributed by atoms with Crippen molar-refractivity contribution in [2.75, 3.05) is 26.6 Å². The van der Waals surface area contributed by atoms with Gasteiger partial charge in [0.05, 0.1) is 21.3 Å². The van der Waals surface area contributed by atoms with Crippen molar-refractivity contribution in [2.45, 2.75) is 10.1 Å². The van der Waals surface area contributed by atoms with Gasteiger partial charge in [-0.15, -0.1) is 10.2 Å². The van der Waals surface area contributed by atoms with Gasteiger partial charge in [0, 0.05) is 16.9 Å². The molecular formula is C21H20ClN3O4S2. The molecule has 1 N–H and O–H groups in total. The van der Waals surface area contributed by atoms with Gasteiger partial charge in [0.15, 0.2) is 15.8 Å². The molecule has 0 aliphatic carbocycles. The number of carbonyl (C=O) groups excluding carboxylic acids is 1. The second kappa shape index (κ2) is 11.0. The van der Waals surface area contributed by atoms with Crippen LogP contribution in [0.2, 0.25) is 5.02 Å². The van der Waals surface area contributed by atoms with Crippen LogP contribution in [0.3, 0.4) is 0 Å². The first-order chi connectivity index (χ1) is 15.0. The van der Waals surface area contributed by atoms with E-state index >= 15 is 0 Å². The minimum absolute atomic E-state index is 0.323. The molecule has 0 atom stereocenters. The number of methoxy groups -OCH3 is 3. The molecule has 3 aromatic rings. The summed E-state index contributed by atoms with van der Waals surface area (Å²) < 4.78 is 16.7. The first-order valence-corrected chi connectivity index (χ1v) is 11.2.